The fourth-order valence-corrected chi connectivity index (χ4v) is 2.23. The summed E-state index contributed by atoms with van der Waals surface area (Å²) in [7, 11) is 0. The Labute approximate surface area is 102 Å². The van der Waals surface area contributed by atoms with Crippen molar-refractivity contribution in [3.8, 4) is 0 Å². The SMILES string of the molecule is NC(=S)Nc1ccccc1N1CCCCC1. The molecule has 0 unspecified atom stereocenters. The summed E-state index contributed by atoms with van der Waals surface area (Å²) in [4.78, 5) is 2.39. The van der Waals surface area contributed by atoms with Gasteiger partial charge in [-0.3, -0.25) is 0 Å². The molecule has 0 spiro atoms. The van der Waals surface area contributed by atoms with Crippen molar-refractivity contribution in [1.29, 1.82) is 0 Å². The molecular weight excluding hydrogens is 218 g/mol. The van der Waals surface area contributed by atoms with Crippen LogP contribution in [-0.4, -0.2) is 18.2 Å². The Balaban J connectivity index is 2.20. The second kappa shape index (κ2) is 5.16. The van der Waals surface area contributed by atoms with Gasteiger partial charge in [-0.2, -0.15) is 0 Å². The van der Waals surface area contributed by atoms with E-state index in [4.69, 9.17) is 18.0 Å². The smallest absolute Gasteiger partial charge is 0.168 e. The maximum Gasteiger partial charge on any atom is 0.168 e. The van der Waals surface area contributed by atoms with Crippen molar-refractivity contribution in [2.75, 3.05) is 23.3 Å². The van der Waals surface area contributed by atoms with Gasteiger partial charge >= 0.3 is 0 Å². The third kappa shape index (κ3) is 2.64. The van der Waals surface area contributed by atoms with Gasteiger partial charge in [-0.1, -0.05) is 12.1 Å². The highest BCUT2D eigenvalue weighted by Gasteiger charge is 2.13. The molecule has 86 valence electrons. The van der Waals surface area contributed by atoms with Crippen molar-refractivity contribution in [1.82, 2.24) is 0 Å². The summed E-state index contributed by atoms with van der Waals surface area (Å²) in [5, 5.41) is 3.36. The number of piperidine rings is 1. The van der Waals surface area contributed by atoms with Gasteiger partial charge < -0.3 is 16.0 Å². The van der Waals surface area contributed by atoms with Crippen molar-refractivity contribution in [2.45, 2.75) is 19.3 Å². The van der Waals surface area contributed by atoms with Gasteiger partial charge in [0.15, 0.2) is 5.11 Å². The summed E-state index contributed by atoms with van der Waals surface area (Å²) in [6, 6.07) is 8.18. The lowest BCUT2D eigenvalue weighted by Crippen LogP contribution is -2.30. The molecule has 1 aliphatic rings. The standard InChI is InChI=1S/C12H17N3S/c13-12(16)14-10-6-2-3-7-11(10)15-8-4-1-5-9-15/h2-3,6-7H,1,4-5,8-9H2,(H3,13,14,16). The molecule has 1 fully saturated rings. The van der Waals surface area contributed by atoms with E-state index in [2.05, 4.69) is 22.3 Å². The lowest BCUT2D eigenvalue weighted by atomic mass is 10.1. The fraction of sp³-hybridized carbons (Fsp3) is 0.417. The van der Waals surface area contributed by atoms with Gasteiger partial charge in [0.1, 0.15) is 0 Å². The lowest BCUT2D eigenvalue weighted by Gasteiger charge is -2.30. The second-order valence-electron chi connectivity index (χ2n) is 4.05. The number of thiocarbonyl (C=S) groups is 1. The minimum absolute atomic E-state index is 0.324. The number of para-hydroxylation sites is 2. The molecule has 0 amide bonds. The zero-order valence-corrected chi connectivity index (χ0v) is 10.1. The van der Waals surface area contributed by atoms with E-state index in [9.17, 15) is 0 Å². The molecule has 1 aromatic rings. The Bertz CT molecular complexity index is 372. The van der Waals surface area contributed by atoms with Gasteiger partial charge in [-0.05, 0) is 43.6 Å². The molecule has 0 aromatic heterocycles. The van der Waals surface area contributed by atoms with E-state index >= 15 is 0 Å². The van der Waals surface area contributed by atoms with E-state index in [0.717, 1.165) is 18.8 Å². The van der Waals surface area contributed by atoms with Crippen LogP contribution < -0.4 is 16.0 Å². The zero-order chi connectivity index (χ0) is 11.4. The monoisotopic (exact) mass is 235 g/mol. The summed E-state index contributed by atoms with van der Waals surface area (Å²) in [6.45, 7) is 2.24. The van der Waals surface area contributed by atoms with Gasteiger partial charge in [0.05, 0.1) is 11.4 Å². The van der Waals surface area contributed by atoms with Gasteiger partial charge in [-0.25, -0.2) is 0 Å². The van der Waals surface area contributed by atoms with Crippen LogP contribution in [0.25, 0.3) is 0 Å². The van der Waals surface area contributed by atoms with E-state index in [1.165, 1.54) is 24.9 Å². The van der Waals surface area contributed by atoms with E-state index in [-0.39, 0.29) is 0 Å². The summed E-state index contributed by atoms with van der Waals surface area (Å²) in [5.41, 5.74) is 7.74. The third-order valence-electron chi connectivity index (χ3n) is 2.86. The molecule has 1 aromatic carbocycles. The van der Waals surface area contributed by atoms with Crippen LogP contribution in [-0.2, 0) is 0 Å². The molecule has 1 heterocycles. The van der Waals surface area contributed by atoms with Crippen LogP contribution in [0.5, 0.6) is 0 Å². The van der Waals surface area contributed by atoms with Crippen molar-refractivity contribution < 1.29 is 0 Å². The first kappa shape index (κ1) is 11.2. The average Bonchev–Trinajstić information content (AvgIpc) is 2.30. The molecule has 2 rings (SSSR count). The number of benzene rings is 1. The van der Waals surface area contributed by atoms with Gasteiger partial charge in [0, 0.05) is 13.1 Å². The van der Waals surface area contributed by atoms with Crippen molar-refractivity contribution in [3.05, 3.63) is 24.3 Å². The Morgan fingerprint density at radius 1 is 1.19 bits per heavy atom. The van der Waals surface area contributed by atoms with Gasteiger partial charge in [-0.15, -0.1) is 0 Å². The Kier molecular flexibility index (Phi) is 3.62. The Hall–Kier alpha value is -1.29. The third-order valence-corrected chi connectivity index (χ3v) is 2.96. The molecule has 1 saturated heterocycles. The summed E-state index contributed by atoms with van der Waals surface area (Å²) < 4.78 is 0. The van der Waals surface area contributed by atoms with Crippen LogP contribution in [0.1, 0.15) is 19.3 Å². The van der Waals surface area contributed by atoms with Crippen LogP contribution >= 0.6 is 12.2 Å². The molecule has 1 aliphatic heterocycles. The zero-order valence-electron chi connectivity index (χ0n) is 9.28. The molecule has 0 atom stereocenters. The van der Waals surface area contributed by atoms with Crippen LogP contribution in [0.3, 0.4) is 0 Å². The van der Waals surface area contributed by atoms with Crippen LogP contribution in [0.2, 0.25) is 0 Å². The van der Waals surface area contributed by atoms with Gasteiger partial charge in [0.25, 0.3) is 0 Å². The normalized spacial score (nSPS) is 15.9. The maximum atomic E-state index is 5.52. The highest BCUT2D eigenvalue weighted by molar-refractivity contribution is 7.80. The van der Waals surface area contributed by atoms with E-state index in [1.807, 2.05) is 12.1 Å². The number of nitrogens with two attached hydrogens (primary N) is 1. The molecule has 0 radical (unpaired) electrons. The van der Waals surface area contributed by atoms with Crippen LogP contribution in [0.4, 0.5) is 11.4 Å². The molecular formula is C12H17N3S. The molecule has 4 heteroatoms. The number of hydrogen-bond acceptors (Lipinski definition) is 2. The summed E-state index contributed by atoms with van der Waals surface area (Å²) in [6.07, 6.45) is 3.87. The molecule has 3 nitrogen and oxygen atoms in total. The largest absolute Gasteiger partial charge is 0.376 e. The predicted octanol–water partition coefficient (Wildman–Crippen LogP) is 2.33. The van der Waals surface area contributed by atoms with Crippen molar-refractivity contribution in [2.24, 2.45) is 5.73 Å². The first-order valence-electron chi connectivity index (χ1n) is 5.68. The molecule has 0 bridgehead atoms. The average molecular weight is 235 g/mol. The molecule has 3 N–H and O–H groups in total. The molecule has 0 saturated carbocycles. The number of anilines is 2. The topological polar surface area (TPSA) is 41.3 Å². The number of hydrogen-bond donors (Lipinski definition) is 2. The van der Waals surface area contributed by atoms with Crippen LogP contribution in [0, 0.1) is 0 Å². The number of nitrogens with zero attached hydrogens (tertiary/aromatic N) is 1. The fourth-order valence-electron chi connectivity index (χ4n) is 2.12. The second-order valence-corrected chi connectivity index (χ2v) is 4.49. The Morgan fingerprint density at radius 2 is 1.88 bits per heavy atom. The molecule has 0 aliphatic carbocycles. The highest BCUT2D eigenvalue weighted by atomic mass is 32.1. The summed E-state index contributed by atoms with van der Waals surface area (Å²) >= 11 is 4.89. The van der Waals surface area contributed by atoms with Crippen LogP contribution in [0.15, 0.2) is 24.3 Å². The first-order valence-corrected chi connectivity index (χ1v) is 6.08. The van der Waals surface area contributed by atoms with E-state index in [0.29, 0.717) is 5.11 Å². The number of nitrogens with one attached hydrogen (secondary N) is 1. The van der Waals surface area contributed by atoms with Crippen molar-refractivity contribution >= 4 is 28.7 Å². The van der Waals surface area contributed by atoms with E-state index < -0.39 is 0 Å². The number of rotatable bonds is 2. The quantitative estimate of drug-likeness (QED) is 0.772. The predicted molar refractivity (Wildman–Crippen MR) is 72.9 cm³/mol. The minimum atomic E-state index is 0.324. The first-order chi connectivity index (χ1) is 7.77. The lowest BCUT2D eigenvalue weighted by molar-refractivity contribution is 0.578. The van der Waals surface area contributed by atoms with Gasteiger partial charge in [0.2, 0.25) is 0 Å². The maximum absolute atomic E-state index is 5.52. The Morgan fingerprint density at radius 3 is 2.56 bits per heavy atom. The van der Waals surface area contributed by atoms with Crippen molar-refractivity contribution in [3.63, 3.8) is 0 Å². The minimum Gasteiger partial charge on any atom is -0.376 e. The van der Waals surface area contributed by atoms with E-state index in [1.54, 1.807) is 0 Å². The highest BCUT2D eigenvalue weighted by Crippen LogP contribution is 2.27. The summed E-state index contributed by atoms with van der Waals surface area (Å²) in [5.74, 6) is 0. The molecule has 16 heavy (non-hydrogen) atoms.